The standard InChI is InChI=1S/C15H26N4O/c1-11(2)9-15(3,10-16)18-12-6-7-17-13(8-12)14(20)19(4)5/h6-8,11H,9-10,16H2,1-5H3,(H,17,18). The average Bonchev–Trinajstić information content (AvgIpc) is 2.37. The Balaban J connectivity index is 2.92. The largest absolute Gasteiger partial charge is 0.378 e. The number of carbonyl (C=O) groups excluding carboxylic acids is 1. The van der Waals surface area contributed by atoms with Gasteiger partial charge in [0.05, 0.1) is 0 Å². The summed E-state index contributed by atoms with van der Waals surface area (Å²) in [6.45, 7) is 6.97. The Morgan fingerprint density at radius 1 is 1.50 bits per heavy atom. The molecule has 0 saturated heterocycles. The first-order valence-corrected chi connectivity index (χ1v) is 6.93. The van der Waals surface area contributed by atoms with Crippen molar-refractivity contribution in [3.05, 3.63) is 24.0 Å². The molecule has 20 heavy (non-hydrogen) atoms. The number of rotatable bonds is 6. The number of nitrogens with zero attached hydrogens (tertiary/aromatic N) is 2. The summed E-state index contributed by atoms with van der Waals surface area (Å²) in [5, 5.41) is 3.43. The molecule has 5 heteroatoms. The summed E-state index contributed by atoms with van der Waals surface area (Å²) < 4.78 is 0. The number of nitrogens with one attached hydrogen (secondary N) is 1. The van der Waals surface area contributed by atoms with Gasteiger partial charge in [-0.1, -0.05) is 13.8 Å². The Kier molecular flexibility index (Phi) is 5.51. The third-order valence-electron chi connectivity index (χ3n) is 3.14. The first-order chi connectivity index (χ1) is 9.27. The molecular formula is C15H26N4O. The van der Waals surface area contributed by atoms with Gasteiger partial charge >= 0.3 is 0 Å². The summed E-state index contributed by atoms with van der Waals surface area (Å²) in [4.78, 5) is 17.6. The quantitative estimate of drug-likeness (QED) is 0.834. The van der Waals surface area contributed by atoms with Gasteiger partial charge in [-0.15, -0.1) is 0 Å². The van der Waals surface area contributed by atoms with Crippen LogP contribution < -0.4 is 11.1 Å². The van der Waals surface area contributed by atoms with Crippen molar-refractivity contribution in [2.75, 3.05) is 26.0 Å². The Morgan fingerprint density at radius 2 is 2.15 bits per heavy atom. The van der Waals surface area contributed by atoms with Crippen molar-refractivity contribution in [3.8, 4) is 0 Å². The molecule has 0 spiro atoms. The van der Waals surface area contributed by atoms with Crippen molar-refractivity contribution < 1.29 is 4.79 Å². The summed E-state index contributed by atoms with van der Waals surface area (Å²) >= 11 is 0. The molecule has 1 amide bonds. The zero-order valence-corrected chi connectivity index (χ0v) is 13.1. The molecule has 112 valence electrons. The zero-order valence-electron chi connectivity index (χ0n) is 13.1. The smallest absolute Gasteiger partial charge is 0.272 e. The summed E-state index contributed by atoms with van der Waals surface area (Å²) in [5.41, 5.74) is 7.02. The van der Waals surface area contributed by atoms with Gasteiger partial charge in [-0.05, 0) is 31.4 Å². The molecule has 0 fully saturated rings. The van der Waals surface area contributed by atoms with E-state index in [2.05, 4.69) is 31.1 Å². The van der Waals surface area contributed by atoms with Gasteiger partial charge in [-0.25, -0.2) is 0 Å². The van der Waals surface area contributed by atoms with Crippen LogP contribution >= 0.6 is 0 Å². The van der Waals surface area contributed by atoms with Crippen LogP contribution in [0.25, 0.3) is 0 Å². The lowest BCUT2D eigenvalue weighted by Crippen LogP contribution is -2.43. The van der Waals surface area contributed by atoms with Gasteiger partial charge in [0, 0.05) is 38.1 Å². The molecule has 1 aromatic rings. The molecule has 0 saturated carbocycles. The Bertz CT molecular complexity index is 459. The monoisotopic (exact) mass is 278 g/mol. The molecular weight excluding hydrogens is 252 g/mol. The fourth-order valence-corrected chi connectivity index (χ4v) is 2.29. The predicted molar refractivity (Wildman–Crippen MR) is 82.8 cm³/mol. The van der Waals surface area contributed by atoms with Crippen LogP contribution in [0.2, 0.25) is 0 Å². The Labute approximate surface area is 121 Å². The van der Waals surface area contributed by atoms with Crippen LogP contribution in [0.3, 0.4) is 0 Å². The predicted octanol–water partition coefficient (Wildman–Crippen LogP) is 1.96. The van der Waals surface area contributed by atoms with Crippen molar-refractivity contribution >= 4 is 11.6 Å². The topological polar surface area (TPSA) is 71.2 Å². The minimum absolute atomic E-state index is 0.105. The highest BCUT2D eigenvalue weighted by atomic mass is 16.2. The van der Waals surface area contributed by atoms with Gasteiger partial charge in [-0.2, -0.15) is 0 Å². The van der Waals surface area contributed by atoms with E-state index in [-0.39, 0.29) is 11.4 Å². The van der Waals surface area contributed by atoms with E-state index in [1.165, 1.54) is 4.90 Å². The van der Waals surface area contributed by atoms with E-state index >= 15 is 0 Å². The van der Waals surface area contributed by atoms with Crippen LogP contribution in [-0.4, -0.2) is 42.0 Å². The molecule has 0 aliphatic carbocycles. The van der Waals surface area contributed by atoms with Gasteiger partial charge in [0.15, 0.2) is 0 Å². The number of anilines is 1. The maximum absolute atomic E-state index is 11.9. The molecule has 1 atom stereocenters. The molecule has 0 aromatic carbocycles. The summed E-state index contributed by atoms with van der Waals surface area (Å²) in [7, 11) is 3.43. The van der Waals surface area contributed by atoms with Crippen molar-refractivity contribution in [3.63, 3.8) is 0 Å². The molecule has 1 unspecified atom stereocenters. The highest BCUT2D eigenvalue weighted by Crippen LogP contribution is 2.22. The van der Waals surface area contributed by atoms with E-state index in [0.29, 0.717) is 18.2 Å². The van der Waals surface area contributed by atoms with E-state index in [4.69, 9.17) is 5.73 Å². The first-order valence-electron chi connectivity index (χ1n) is 6.93. The fourth-order valence-electron chi connectivity index (χ4n) is 2.29. The number of aromatic nitrogens is 1. The van der Waals surface area contributed by atoms with Crippen LogP contribution in [0.5, 0.6) is 0 Å². The van der Waals surface area contributed by atoms with Gasteiger partial charge in [-0.3, -0.25) is 9.78 Å². The lowest BCUT2D eigenvalue weighted by atomic mass is 9.90. The van der Waals surface area contributed by atoms with E-state index in [0.717, 1.165) is 12.1 Å². The lowest BCUT2D eigenvalue weighted by Gasteiger charge is -2.32. The molecule has 0 aliphatic rings. The zero-order chi connectivity index (χ0) is 15.3. The van der Waals surface area contributed by atoms with Crippen molar-refractivity contribution in [2.45, 2.75) is 32.7 Å². The van der Waals surface area contributed by atoms with Crippen LogP contribution in [0.4, 0.5) is 5.69 Å². The van der Waals surface area contributed by atoms with Crippen LogP contribution in [0.15, 0.2) is 18.3 Å². The Morgan fingerprint density at radius 3 is 2.65 bits per heavy atom. The van der Waals surface area contributed by atoms with Crippen molar-refractivity contribution in [1.29, 1.82) is 0 Å². The molecule has 0 bridgehead atoms. The maximum atomic E-state index is 11.9. The van der Waals surface area contributed by atoms with Crippen LogP contribution in [0, 0.1) is 5.92 Å². The molecule has 0 aliphatic heterocycles. The van der Waals surface area contributed by atoms with Gasteiger partial charge in [0.2, 0.25) is 0 Å². The van der Waals surface area contributed by atoms with E-state index in [1.54, 1.807) is 26.4 Å². The summed E-state index contributed by atoms with van der Waals surface area (Å²) in [6, 6.07) is 3.64. The fraction of sp³-hybridized carbons (Fsp3) is 0.600. The average molecular weight is 278 g/mol. The first kappa shape index (κ1) is 16.4. The van der Waals surface area contributed by atoms with E-state index in [1.807, 2.05) is 6.07 Å². The van der Waals surface area contributed by atoms with Crippen LogP contribution in [0.1, 0.15) is 37.7 Å². The summed E-state index contributed by atoms with van der Waals surface area (Å²) in [5.74, 6) is 0.438. The third-order valence-corrected chi connectivity index (χ3v) is 3.14. The van der Waals surface area contributed by atoms with Crippen molar-refractivity contribution in [2.24, 2.45) is 11.7 Å². The number of hydrogen-bond donors (Lipinski definition) is 2. The molecule has 1 aromatic heterocycles. The van der Waals surface area contributed by atoms with Crippen molar-refractivity contribution in [1.82, 2.24) is 9.88 Å². The van der Waals surface area contributed by atoms with E-state index < -0.39 is 0 Å². The summed E-state index contributed by atoms with van der Waals surface area (Å²) in [6.07, 6.45) is 2.61. The second kappa shape index (κ2) is 6.70. The second-order valence-corrected chi connectivity index (χ2v) is 6.12. The number of nitrogens with two attached hydrogens (primary N) is 1. The van der Waals surface area contributed by atoms with Gasteiger partial charge in [0.25, 0.3) is 5.91 Å². The number of amides is 1. The minimum Gasteiger partial charge on any atom is -0.378 e. The van der Waals surface area contributed by atoms with Crippen LogP contribution in [-0.2, 0) is 0 Å². The van der Waals surface area contributed by atoms with E-state index in [9.17, 15) is 4.79 Å². The molecule has 1 heterocycles. The third kappa shape index (κ3) is 4.49. The second-order valence-electron chi connectivity index (χ2n) is 6.12. The number of carbonyl (C=O) groups is 1. The lowest BCUT2D eigenvalue weighted by molar-refractivity contribution is 0.0822. The minimum atomic E-state index is -0.187. The molecule has 0 radical (unpaired) electrons. The highest BCUT2D eigenvalue weighted by Gasteiger charge is 2.24. The number of hydrogen-bond acceptors (Lipinski definition) is 4. The Hall–Kier alpha value is -1.62. The van der Waals surface area contributed by atoms with Gasteiger partial charge < -0.3 is 16.0 Å². The normalized spacial score (nSPS) is 13.9. The van der Waals surface area contributed by atoms with Gasteiger partial charge in [0.1, 0.15) is 5.69 Å². The molecule has 3 N–H and O–H groups in total. The molecule has 5 nitrogen and oxygen atoms in total. The molecule has 1 rings (SSSR count). The number of pyridine rings is 1. The maximum Gasteiger partial charge on any atom is 0.272 e. The highest BCUT2D eigenvalue weighted by molar-refractivity contribution is 5.92. The SMILES string of the molecule is CC(C)CC(C)(CN)Nc1ccnc(C(=O)N(C)C)c1.